The number of aliphatic hydroxyl groups excluding tert-OH is 1. The molecule has 2 fully saturated rings. The highest BCUT2D eigenvalue weighted by Crippen LogP contribution is 2.37. The monoisotopic (exact) mass is 363 g/mol. The van der Waals surface area contributed by atoms with Crippen LogP contribution in [-0.4, -0.2) is 44.0 Å². The minimum Gasteiger partial charge on any atom is -0.391 e. The lowest BCUT2D eigenvalue weighted by molar-refractivity contribution is -0.599. The zero-order valence-electron chi connectivity index (χ0n) is 15.1. The molecule has 27 heavy (non-hydrogen) atoms. The van der Waals surface area contributed by atoms with Crippen LogP contribution in [-0.2, 0) is 0 Å². The van der Waals surface area contributed by atoms with Crippen LogP contribution in [0, 0.1) is 0 Å². The molecule has 3 aromatic rings. The molecule has 138 valence electrons. The van der Waals surface area contributed by atoms with Crippen molar-refractivity contribution in [2.45, 2.75) is 37.8 Å². The van der Waals surface area contributed by atoms with Gasteiger partial charge in [-0.3, -0.25) is 0 Å². The first-order valence-corrected chi connectivity index (χ1v) is 9.59. The van der Waals surface area contributed by atoms with E-state index in [0.29, 0.717) is 12.6 Å². The van der Waals surface area contributed by atoms with Crippen molar-refractivity contribution in [3.8, 4) is 17.3 Å². The average molecular weight is 363 g/mol. The Labute approximate surface area is 157 Å². The molecular weight excluding hydrogens is 340 g/mol. The molecular formula is C20H23N6O+. The molecule has 4 heterocycles. The number of anilines is 1. The van der Waals surface area contributed by atoms with Crippen molar-refractivity contribution in [2.24, 2.45) is 0 Å². The molecule has 1 saturated carbocycles. The minimum atomic E-state index is -0.228. The summed E-state index contributed by atoms with van der Waals surface area (Å²) in [6, 6.07) is 10.7. The van der Waals surface area contributed by atoms with Crippen LogP contribution in [0.5, 0.6) is 0 Å². The predicted octanol–water partition coefficient (Wildman–Crippen LogP) is 1.91. The van der Waals surface area contributed by atoms with Gasteiger partial charge in [-0.1, -0.05) is 0 Å². The Kier molecular flexibility index (Phi) is 4.09. The molecule has 7 heteroatoms. The number of pyridine rings is 2. The standard InChI is InChI=1S/C20H23N6O/c27-17-3-2-10-25(13-17)15-8-11-24(12-9-15)19-5-1-4-18(22-19)20-23-21-14-26(20)16-6-7-16/h1,4-5,8-9,11-12,14,16-17,27H,2-3,6-7,10,13H2/q+1. The van der Waals surface area contributed by atoms with Crippen molar-refractivity contribution < 1.29 is 9.67 Å². The molecule has 5 rings (SSSR count). The highest BCUT2D eigenvalue weighted by Gasteiger charge is 2.28. The van der Waals surface area contributed by atoms with Crippen LogP contribution in [0.25, 0.3) is 17.3 Å². The molecule has 1 atom stereocenters. The zero-order chi connectivity index (χ0) is 18.2. The van der Waals surface area contributed by atoms with Crippen LogP contribution < -0.4 is 9.47 Å². The van der Waals surface area contributed by atoms with Gasteiger partial charge in [0.05, 0.1) is 18.5 Å². The zero-order valence-corrected chi connectivity index (χ0v) is 15.1. The van der Waals surface area contributed by atoms with E-state index >= 15 is 0 Å². The minimum absolute atomic E-state index is 0.228. The number of piperidine rings is 1. The van der Waals surface area contributed by atoms with Crippen molar-refractivity contribution in [2.75, 3.05) is 18.0 Å². The third-order valence-electron chi connectivity index (χ3n) is 5.31. The van der Waals surface area contributed by atoms with E-state index in [1.165, 1.54) is 12.8 Å². The van der Waals surface area contributed by atoms with Gasteiger partial charge in [-0.15, -0.1) is 10.2 Å². The Bertz CT molecular complexity index is 934. The van der Waals surface area contributed by atoms with Crippen molar-refractivity contribution >= 4 is 5.69 Å². The first kappa shape index (κ1) is 16.4. The summed E-state index contributed by atoms with van der Waals surface area (Å²) < 4.78 is 4.13. The van der Waals surface area contributed by atoms with Gasteiger partial charge in [-0.05, 0) is 42.8 Å². The van der Waals surface area contributed by atoms with Gasteiger partial charge in [0.25, 0.3) is 0 Å². The first-order chi connectivity index (χ1) is 13.3. The Balaban J connectivity index is 1.41. The molecule has 3 aromatic heterocycles. The van der Waals surface area contributed by atoms with Gasteiger partial charge in [0.15, 0.2) is 0 Å². The summed E-state index contributed by atoms with van der Waals surface area (Å²) in [6.45, 7) is 1.69. The highest BCUT2D eigenvalue weighted by atomic mass is 16.3. The van der Waals surface area contributed by atoms with Gasteiger partial charge in [-0.2, -0.15) is 0 Å². The van der Waals surface area contributed by atoms with Gasteiger partial charge in [0, 0.05) is 43.0 Å². The van der Waals surface area contributed by atoms with Crippen molar-refractivity contribution in [1.29, 1.82) is 0 Å². The third-order valence-corrected chi connectivity index (χ3v) is 5.31. The second kappa shape index (κ2) is 6.74. The van der Waals surface area contributed by atoms with E-state index < -0.39 is 0 Å². The summed E-state index contributed by atoms with van der Waals surface area (Å²) in [4.78, 5) is 7.03. The maximum atomic E-state index is 9.89. The van der Waals surface area contributed by atoms with Crippen molar-refractivity contribution in [1.82, 2.24) is 19.7 Å². The summed E-state index contributed by atoms with van der Waals surface area (Å²) in [5.41, 5.74) is 1.97. The topological polar surface area (TPSA) is 70.9 Å². The Hall–Kier alpha value is -2.80. The fraction of sp³-hybridized carbons (Fsp3) is 0.400. The van der Waals surface area contributed by atoms with Crippen molar-refractivity contribution in [3.63, 3.8) is 0 Å². The number of nitrogens with zero attached hydrogens (tertiary/aromatic N) is 6. The second-order valence-electron chi connectivity index (χ2n) is 7.38. The van der Waals surface area contributed by atoms with E-state index in [4.69, 9.17) is 4.98 Å². The van der Waals surface area contributed by atoms with E-state index in [9.17, 15) is 5.11 Å². The van der Waals surface area contributed by atoms with E-state index in [1.807, 2.05) is 35.2 Å². The van der Waals surface area contributed by atoms with Gasteiger partial charge in [0.1, 0.15) is 6.33 Å². The molecule has 0 radical (unpaired) electrons. The number of hydrogen-bond acceptors (Lipinski definition) is 5. The fourth-order valence-corrected chi connectivity index (χ4v) is 3.71. The van der Waals surface area contributed by atoms with Gasteiger partial charge in [-0.25, -0.2) is 4.57 Å². The molecule has 2 aliphatic rings. The van der Waals surface area contributed by atoms with E-state index in [0.717, 1.165) is 42.4 Å². The Morgan fingerprint density at radius 2 is 1.93 bits per heavy atom. The molecule has 0 spiro atoms. The van der Waals surface area contributed by atoms with Gasteiger partial charge < -0.3 is 14.6 Å². The lowest BCUT2D eigenvalue weighted by atomic mass is 10.1. The molecule has 0 aromatic carbocycles. The van der Waals surface area contributed by atoms with Crippen LogP contribution >= 0.6 is 0 Å². The Morgan fingerprint density at radius 1 is 1.07 bits per heavy atom. The first-order valence-electron chi connectivity index (χ1n) is 9.59. The number of aromatic nitrogens is 5. The largest absolute Gasteiger partial charge is 0.391 e. The fourth-order valence-electron chi connectivity index (χ4n) is 3.71. The van der Waals surface area contributed by atoms with Crippen LogP contribution in [0.15, 0.2) is 49.1 Å². The van der Waals surface area contributed by atoms with Crippen molar-refractivity contribution in [3.05, 3.63) is 49.1 Å². The normalized spacial score (nSPS) is 20.0. The summed E-state index contributed by atoms with van der Waals surface area (Å²) in [7, 11) is 0. The third kappa shape index (κ3) is 3.30. The summed E-state index contributed by atoms with van der Waals surface area (Å²) >= 11 is 0. The molecule has 0 amide bonds. The van der Waals surface area contributed by atoms with Gasteiger partial charge >= 0.3 is 5.82 Å². The molecule has 1 aliphatic heterocycles. The summed E-state index contributed by atoms with van der Waals surface area (Å²) in [6.07, 6.45) is 9.91. The molecule has 1 aliphatic carbocycles. The van der Waals surface area contributed by atoms with Crippen LogP contribution in [0.1, 0.15) is 31.7 Å². The molecule has 7 nitrogen and oxygen atoms in total. The maximum Gasteiger partial charge on any atom is 0.328 e. The van der Waals surface area contributed by atoms with E-state index in [2.05, 4.69) is 31.8 Å². The number of aliphatic hydroxyl groups is 1. The maximum absolute atomic E-state index is 9.89. The SMILES string of the molecule is OC1CCCN(c2cc[n+](-c3cccc(-c4nncn4C4CC4)n3)cc2)C1. The predicted molar refractivity (Wildman–Crippen MR) is 101 cm³/mol. The molecule has 1 N–H and O–H groups in total. The van der Waals surface area contributed by atoms with Crippen LogP contribution in [0.3, 0.4) is 0 Å². The highest BCUT2D eigenvalue weighted by molar-refractivity contribution is 5.50. The average Bonchev–Trinajstić information content (AvgIpc) is 3.44. The number of β-amino-alcohol motifs (C(OH)–C–C–N with tert-alkyl or cyclic N) is 1. The Morgan fingerprint density at radius 3 is 2.70 bits per heavy atom. The number of hydrogen-bond donors (Lipinski definition) is 1. The lowest BCUT2D eigenvalue weighted by Crippen LogP contribution is -2.39. The summed E-state index contributed by atoms with van der Waals surface area (Å²) in [5, 5.41) is 18.2. The smallest absolute Gasteiger partial charge is 0.328 e. The lowest BCUT2D eigenvalue weighted by Gasteiger charge is -2.31. The molecule has 1 saturated heterocycles. The number of rotatable bonds is 4. The van der Waals surface area contributed by atoms with E-state index in [1.54, 1.807) is 6.33 Å². The quantitative estimate of drug-likeness (QED) is 0.717. The van der Waals surface area contributed by atoms with Crippen LogP contribution in [0.2, 0.25) is 0 Å². The van der Waals surface area contributed by atoms with Crippen LogP contribution in [0.4, 0.5) is 5.69 Å². The molecule has 0 bridgehead atoms. The summed E-state index contributed by atoms with van der Waals surface area (Å²) in [5.74, 6) is 1.68. The van der Waals surface area contributed by atoms with Gasteiger partial charge in [0.2, 0.25) is 11.5 Å². The second-order valence-corrected chi connectivity index (χ2v) is 7.38. The van der Waals surface area contributed by atoms with E-state index in [-0.39, 0.29) is 6.10 Å². The molecule has 1 unspecified atom stereocenters.